The Labute approximate surface area is 140 Å². The molecular weight excluding hydrogens is 298 g/mol. The molecule has 0 unspecified atom stereocenters. The molecule has 4 rings (SSSR count). The van der Waals surface area contributed by atoms with E-state index in [9.17, 15) is 0 Å². The quantitative estimate of drug-likeness (QED) is 0.442. The molecule has 0 aliphatic carbocycles. The molecule has 0 N–H and O–H groups in total. The van der Waals surface area contributed by atoms with Gasteiger partial charge in [-0.3, -0.25) is 0 Å². The van der Waals surface area contributed by atoms with Gasteiger partial charge in [-0.1, -0.05) is 84.9 Å². The minimum Gasteiger partial charge on any atom is -0.192 e. The third-order valence-electron chi connectivity index (χ3n) is 3.86. The van der Waals surface area contributed by atoms with Crippen molar-refractivity contribution in [3.8, 4) is 32.8 Å². The summed E-state index contributed by atoms with van der Waals surface area (Å²) < 4.78 is 4.59. The number of hydrogen-bond acceptors (Lipinski definition) is 2. The zero-order valence-electron chi connectivity index (χ0n) is 12.5. The van der Waals surface area contributed by atoms with Crippen LogP contribution in [0.5, 0.6) is 0 Å². The van der Waals surface area contributed by atoms with Gasteiger partial charge >= 0.3 is 0 Å². The number of benzene rings is 3. The summed E-state index contributed by atoms with van der Waals surface area (Å²) in [4.78, 5) is 1.20. The lowest BCUT2D eigenvalue weighted by atomic mass is 10.0. The molecule has 1 nitrogen and oxygen atoms in total. The van der Waals surface area contributed by atoms with E-state index in [1.807, 2.05) is 24.3 Å². The Kier molecular flexibility index (Phi) is 3.75. The molecule has 3 aromatic carbocycles. The van der Waals surface area contributed by atoms with Crippen molar-refractivity contribution < 1.29 is 0 Å². The lowest BCUT2D eigenvalue weighted by Gasteiger charge is -2.02. The Hall–Kier alpha value is -2.71. The fraction of sp³-hybridized carbons (Fsp3) is 0. The molecule has 1 heterocycles. The highest BCUT2D eigenvalue weighted by atomic mass is 32.1. The highest BCUT2D eigenvalue weighted by molar-refractivity contribution is 7.09. The number of hydrogen-bond donors (Lipinski definition) is 0. The molecule has 0 fully saturated rings. The highest BCUT2D eigenvalue weighted by Gasteiger charge is 2.06. The molecule has 2 heteroatoms. The average molecular weight is 313 g/mol. The van der Waals surface area contributed by atoms with Gasteiger partial charge < -0.3 is 0 Å². The summed E-state index contributed by atoms with van der Waals surface area (Å²) in [5, 5.41) is 0. The number of nitrogens with zero attached hydrogens (tertiary/aromatic N) is 1. The molecule has 0 spiro atoms. The minimum absolute atomic E-state index is 1.04. The Morgan fingerprint density at radius 2 is 1.04 bits per heavy atom. The van der Waals surface area contributed by atoms with Gasteiger partial charge in [0.1, 0.15) is 0 Å². The zero-order chi connectivity index (χ0) is 15.5. The van der Waals surface area contributed by atoms with Crippen LogP contribution in [0.2, 0.25) is 0 Å². The molecule has 0 atom stereocenters. The van der Waals surface area contributed by atoms with E-state index >= 15 is 0 Å². The molecular formula is C21H15NS. The van der Waals surface area contributed by atoms with Gasteiger partial charge in [0.2, 0.25) is 0 Å². The van der Waals surface area contributed by atoms with Crippen LogP contribution in [0, 0.1) is 0 Å². The molecule has 0 saturated heterocycles. The Morgan fingerprint density at radius 3 is 1.70 bits per heavy atom. The first-order valence-corrected chi connectivity index (χ1v) is 8.35. The zero-order valence-corrected chi connectivity index (χ0v) is 13.3. The maximum atomic E-state index is 4.59. The number of aromatic nitrogens is 1. The Balaban J connectivity index is 1.63. The van der Waals surface area contributed by atoms with Crippen molar-refractivity contribution in [2.24, 2.45) is 0 Å². The molecule has 0 radical (unpaired) electrons. The van der Waals surface area contributed by atoms with Crippen LogP contribution in [0.15, 0.2) is 91.0 Å². The molecule has 0 aliphatic rings. The monoisotopic (exact) mass is 313 g/mol. The summed E-state index contributed by atoms with van der Waals surface area (Å²) in [7, 11) is 0. The summed E-state index contributed by atoms with van der Waals surface area (Å²) >= 11 is 1.55. The lowest BCUT2D eigenvalue weighted by Crippen LogP contribution is -1.78. The molecule has 0 aliphatic heterocycles. The molecule has 0 bridgehead atoms. The third kappa shape index (κ3) is 2.94. The van der Waals surface area contributed by atoms with Gasteiger partial charge in [0, 0.05) is 5.56 Å². The summed E-state index contributed by atoms with van der Waals surface area (Å²) in [5.74, 6) is 0. The minimum atomic E-state index is 1.04. The predicted octanol–water partition coefficient (Wildman–Crippen LogP) is 6.14. The standard InChI is InChI=1S/C21H15NS/c1-3-7-16(8-4-1)17-11-13-19(14-12-17)21-15-20(22-23-21)18-9-5-2-6-10-18/h1-15H. The molecule has 1 aromatic heterocycles. The van der Waals surface area contributed by atoms with E-state index in [1.165, 1.54) is 21.6 Å². The maximum Gasteiger partial charge on any atom is 0.0847 e. The largest absolute Gasteiger partial charge is 0.192 e. The van der Waals surface area contributed by atoms with Crippen molar-refractivity contribution in [2.75, 3.05) is 0 Å². The Bertz CT molecular complexity index is 894. The first kappa shape index (κ1) is 13.9. The van der Waals surface area contributed by atoms with Crippen LogP contribution in [0.1, 0.15) is 0 Å². The van der Waals surface area contributed by atoms with Crippen LogP contribution < -0.4 is 0 Å². The second kappa shape index (κ2) is 6.19. The molecule has 4 aromatic rings. The van der Waals surface area contributed by atoms with E-state index in [2.05, 4.69) is 71.1 Å². The molecule has 23 heavy (non-hydrogen) atoms. The maximum absolute atomic E-state index is 4.59. The second-order valence-corrected chi connectivity index (χ2v) is 6.19. The summed E-state index contributed by atoms with van der Waals surface area (Å²) in [6.07, 6.45) is 0. The predicted molar refractivity (Wildman–Crippen MR) is 98.4 cm³/mol. The first-order valence-electron chi connectivity index (χ1n) is 7.58. The van der Waals surface area contributed by atoms with Crippen molar-refractivity contribution in [2.45, 2.75) is 0 Å². The van der Waals surface area contributed by atoms with Gasteiger partial charge in [-0.05, 0) is 34.3 Å². The molecule has 0 saturated carbocycles. The van der Waals surface area contributed by atoms with Crippen molar-refractivity contribution >= 4 is 11.5 Å². The van der Waals surface area contributed by atoms with E-state index in [0.717, 1.165) is 11.3 Å². The fourth-order valence-corrected chi connectivity index (χ4v) is 3.37. The second-order valence-electron chi connectivity index (χ2n) is 5.39. The van der Waals surface area contributed by atoms with Gasteiger partial charge in [-0.15, -0.1) is 0 Å². The van der Waals surface area contributed by atoms with Crippen molar-refractivity contribution in [3.63, 3.8) is 0 Å². The van der Waals surface area contributed by atoms with E-state index in [4.69, 9.17) is 0 Å². The molecule has 0 amide bonds. The van der Waals surface area contributed by atoms with Crippen LogP contribution in [0.3, 0.4) is 0 Å². The summed E-state index contributed by atoms with van der Waals surface area (Å²) in [6, 6.07) is 31.6. The van der Waals surface area contributed by atoms with E-state index < -0.39 is 0 Å². The van der Waals surface area contributed by atoms with Gasteiger partial charge in [-0.2, -0.15) is 4.37 Å². The van der Waals surface area contributed by atoms with Gasteiger partial charge in [0.05, 0.1) is 10.6 Å². The van der Waals surface area contributed by atoms with Crippen molar-refractivity contribution in [1.82, 2.24) is 4.37 Å². The lowest BCUT2D eigenvalue weighted by molar-refractivity contribution is 1.52. The van der Waals surface area contributed by atoms with Crippen LogP contribution in [-0.2, 0) is 0 Å². The van der Waals surface area contributed by atoms with E-state index in [1.54, 1.807) is 11.5 Å². The third-order valence-corrected chi connectivity index (χ3v) is 4.69. The van der Waals surface area contributed by atoms with Crippen LogP contribution in [-0.4, -0.2) is 4.37 Å². The smallest absolute Gasteiger partial charge is 0.0847 e. The van der Waals surface area contributed by atoms with Crippen LogP contribution >= 0.6 is 11.5 Å². The topological polar surface area (TPSA) is 12.9 Å². The van der Waals surface area contributed by atoms with Crippen molar-refractivity contribution in [1.29, 1.82) is 0 Å². The Morgan fingerprint density at radius 1 is 0.522 bits per heavy atom. The average Bonchev–Trinajstić information content (AvgIpc) is 3.14. The van der Waals surface area contributed by atoms with E-state index in [-0.39, 0.29) is 0 Å². The van der Waals surface area contributed by atoms with Crippen LogP contribution in [0.4, 0.5) is 0 Å². The summed E-state index contributed by atoms with van der Waals surface area (Å²) in [5.41, 5.74) is 5.90. The first-order chi connectivity index (χ1) is 11.4. The van der Waals surface area contributed by atoms with E-state index in [0.29, 0.717) is 0 Å². The van der Waals surface area contributed by atoms with Crippen molar-refractivity contribution in [3.05, 3.63) is 91.0 Å². The highest BCUT2D eigenvalue weighted by Crippen LogP contribution is 2.31. The van der Waals surface area contributed by atoms with Crippen LogP contribution in [0.25, 0.3) is 32.8 Å². The fourth-order valence-electron chi connectivity index (χ4n) is 2.61. The number of rotatable bonds is 3. The molecule has 110 valence electrons. The SMILES string of the molecule is c1ccc(-c2ccc(-c3cc(-c4ccccc4)ns3)cc2)cc1. The van der Waals surface area contributed by atoms with Gasteiger partial charge in [0.25, 0.3) is 0 Å². The van der Waals surface area contributed by atoms with Gasteiger partial charge in [0.15, 0.2) is 0 Å². The normalized spacial score (nSPS) is 10.6. The summed E-state index contributed by atoms with van der Waals surface area (Å²) in [6.45, 7) is 0. The van der Waals surface area contributed by atoms with Gasteiger partial charge in [-0.25, -0.2) is 0 Å².